The van der Waals surface area contributed by atoms with Crippen molar-refractivity contribution in [3.8, 4) is 0 Å². The molecule has 0 saturated heterocycles. The van der Waals surface area contributed by atoms with E-state index in [0.29, 0.717) is 0 Å². The van der Waals surface area contributed by atoms with Crippen molar-refractivity contribution in [3.63, 3.8) is 0 Å². The lowest BCUT2D eigenvalue weighted by Crippen LogP contribution is -2.45. The Labute approximate surface area is 106 Å². The van der Waals surface area contributed by atoms with Gasteiger partial charge in [0, 0.05) is 5.69 Å². The van der Waals surface area contributed by atoms with E-state index in [9.17, 15) is 4.55 Å². The SMILES string of the molecule is CC(C)(C)[S+]([O-])N1CCCc2ccc(N)cc21. The number of rotatable bonds is 1. The third kappa shape index (κ3) is 2.53. The van der Waals surface area contributed by atoms with Crippen LogP contribution in [0.5, 0.6) is 0 Å². The first-order chi connectivity index (χ1) is 7.89. The Morgan fingerprint density at radius 2 is 2.06 bits per heavy atom. The number of aryl methyl sites for hydroxylation is 1. The van der Waals surface area contributed by atoms with Gasteiger partial charge in [0.1, 0.15) is 4.75 Å². The largest absolute Gasteiger partial charge is 0.593 e. The molecule has 0 saturated carbocycles. The minimum absolute atomic E-state index is 0.237. The summed E-state index contributed by atoms with van der Waals surface area (Å²) in [5, 5.41) is 0. The number of hydrogen-bond acceptors (Lipinski definition) is 3. The third-order valence-corrected chi connectivity index (χ3v) is 4.74. The Hall–Kier alpha value is -0.870. The Morgan fingerprint density at radius 3 is 2.71 bits per heavy atom. The van der Waals surface area contributed by atoms with E-state index in [0.717, 1.165) is 30.8 Å². The lowest BCUT2D eigenvalue weighted by molar-refractivity contribution is 0.550. The molecule has 1 aliphatic rings. The molecule has 0 aliphatic carbocycles. The second kappa shape index (κ2) is 4.42. The highest BCUT2D eigenvalue weighted by atomic mass is 32.2. The van der Waals surface area contributed by atoms with Gasteiger partial charge in [-0.1, -0.05) is 6.07 Å². The number of fused-ring (bicyclic) bond motifs is 1. The maximum Gasteiger partial charge on any atom is 0.142 e. The molecule has 0 spiro atoms. The first-order valence-electron chi connectivity index (χ1n) is 5.97. The second-order valence-electron chi connectivity index (χ2n) is 5.46. The zero-order valence-electron chi connectivity index (χ0n) is 10.7. The van der Waals surface area contributed by atoms with Crippen LogP contribution < -0.4 is 10.0 Å². The molecule has 2 rings (SSSR count). The van der Waals surface area contributed by atoms with Crippen LogP contribution in [0.3, 0.4) is 0 Å². The first-order valence-corrected chi connectivity index (χ1v) is 7.08. The molecule has 0 amide bonds. The highest BCUT2D eigenvalue weighted by molar-refractivity contribution is 7.94. The molecule has 1 aliphatic heterocycles. The predicted octanol–water partition coefficient (Wildman–Crippen LogP) is 2.48. The summed E-state index contributed by atoms with van der Waals surface area (Å²) < 4.78 is 14.2. The quantitative estimate of drug-likeness (QED) is 0.617. The fourth-order valence-corrected chi connectivity index (χ4v) is 3.37. The van der Waals surface area contributed by atoms with Crippen molar-refractivity contribution in [3.05, 3.63) is 23.8 Å². The molecule has 0 bridgehead atoms. The van der Waals surface area contributed by atoms with Gasteiger partial charge < -0.3 is 10.3 Å². The van der Waals surface area contributed by atoms with E-state index in [1.165, 1.54) is 5.56 Å². The molecule has 1 aromatic carbocycles. The molecule has 17 heavy (non-hydrogen) atoms. The fourth-order valence-electron chi connectivity index (χ4n) is 2.06. The average Bonchev–Trinajstić information content (AvgIpc) is 2.26. The summed E-state index contributed by atoms with van der Waals surface area (Å²) in [7, 11) is 0. The molecular formula is C13H20N2OS. The van der Waals surface area contributed by atoms with Crippen LogP contribution in [0.1, 0.15) is 32.8 Å². The van der Waals surface area contributed by atoms with Crippen LogP contribution in [0, 0.1) is 0 Å². The van der Waals surface area contributed by atoms with E-state index in [4.69, 9.17) is 5.73 Å². The topological polar surface area (TPSA) is 52.3 Å². The van der Waals surface area contributed by atoms with E-state index in [1.807, 2.05) is 37.2 Å². The molecule has 0 aromatic heterocycles. The summed E-state index contributed by atoms with van der Waals surface area (Å²) in [5.74, 6) is 0. The van der Waals surface area contributed by atoms with Crippen molar-refractivity contribution < 1.29 is 4.55 Å². The first kappa shape index (κ1) is 12.6. The van der Waals surface area contributed by atoms with Crippen LogP contribution in [0.4, 0.5) is 11.4 Å². The molecule has 4 heteroatoms. The van der Waals surface area contributed by atoms with E-state index in [1.54, 1.807) is 0 Å². The number of anilines is 2. The molecule has 1 atom stereocenters. The minimum atomic E-state index is -1.02. The van der Waals surface area contributed by atoms with Gasteiger partial charge in [0.2, 0.25) is 0 Å². The van der Waals surface area contributed by atoms with Crippen LogP contribution >= 0.6 is 0 Å². The normalized spacial score (nSPS) is 17.8. The van der Waals surface area contributed by atoms with Crippen LogP contribution in [0.25, 0.3) is 0 Å². The van der Waals surface area contributed by atoms with Crippen molar-refractivity contribution in [2.75, 3.05) is 16.6 Å². The maximum absolute atomic E-state index is 12.5. The summed E-state index contributed by atoms with van der Waals surface area (Å²) in [4.78, 5) is 0. The van der Waals surface area contributed by atoms with E-state index < -0.39 is 11.4 Å². The molecular weight excluding hydrogens is 232 g/mol. The molecule has 0 radical (unpaired) electrons. The van der Waals surface area contributed by atoms with Gasteiger partial charge in [0.25, 0.3) is 0 Å². The van der Waals surface area contributed by atoms with Gasteiger partial charge in [0.05, 0.1) is 23.6 Å². The third-order valence-electron chi connectivity index (χ3n) is 2.91. The Balaban J connectivity index is 2.37. The summed E-state index contributed by atoms with van der Waals surface area (Å²) in [6, 6.07) is 5.91. The van der Waals surface area contributed by atoms with Gasteiger partial charge in [-0.25, -0.2) is 0 Å². The van der Waals surface area contributed by atoms with Crippen LogP contribution in [0.2, 0.25) is 0 Å². The van der Waals surface area contributed by atoms with E-state index >= 15 is 0 Å². The highest BCUT2D eigenvalue weighted by Gasteiger charge is 2.35. The highest BCUT2D eigenvalue weighted by Crippen LogP contribution is 2.34. The van der Waals surface area contributed by atoms with Gasteiger partial charge in [-0.3, -0.25) is 0 Å². The molecule has 2 N–H and O–H groups in total. The standard InChI is InChI=1S/C13H20N2OS/c1-13(2,3)17(16)15-8-4-5-10-6-7-11(14)9-12(10)15/h6-7,9H,4-5,8,14H2,1-3H3. The van der Waals surface area contributed by atoms with Crippen molar-refractivity contribution >= 4 is 22.7 Å². The minimum Gasteiger partial charge on any atom is -0.593 e. The maximum atomic E-state index is 12.5. The zero-order valence-corrected chi connectivity index (χ0v) is 11.5. The average molecular weight is 252 g/mol. The number of hydrogen-bond donors (Lipinski definition) is 1. The van der Waals surface area contributed by atoms with Gasteiger partial charge in [-0.15, -0.1) is 0 Å². The fraction of sp³-hybridized carbons (Fsp3) is 0.538. The van der Waals surface area contributed by atoms with Crippen LogP contribution in [-0.4, -0.2) is 15.8 Å². The van der Waals surface area contributed by atoms with Gasteiger partial charge in [-0.05, 0) is 51.3 Å². The van der Waals surface area contributed by atoms with Gasteiger partial charge in [-0.2, -0.15) is 4.31 Å². The van der Waals surface area contributed by atoms with Crippen LogP contribution in [0.15, 0.2) is 18.2 Å². The number of nitrogens with two attached hydrogens (primary N) is 1. The molecule has 1 aromatic rings. The van der Waals surface area contributed by atoms with Crippen molar-refractivity contribution in [1.29, 1.82) is 0 Å². The zero-order chi connectivity index (χ0) is 12.6. The summed E-state index contributed by atoms with van der Waals surface area (Å²) >= 11 is -1.02. The van der Waals surface area contributed by atoms with E-state index in [2.05, 4.69) is 6.07 Å². The number of nitrogens with zero attached hydrogens (tertiary/aromatic N) is 1. The van der Waals surface area contributed by atoms with Crippen LogP contribution in [-0.2, 0) is 17.8 Å². The summed E-state index contributed by atoms with van der Waals surface area (Å²) in [6.07, 6.45) is 2.10. The smallest absolute Gasteiger partial charge is 0.142 e. The summed E-state index contributed by atoms with van der Waals surface area (Å²) in [6.45, 7) is 6.86. The van der Waals surface area contributed by atoms with E-state index in [-0.39, 0.29) is 4.75 Å². The number of benzene rings is 1. The van der Waals surface area contributed by atoms with Gasteiger partial charge in [0.15, 0.2) is 0 Å². The molecule has 1 heterocycles. The monoisotopic (exact) mass is 252 g/mol. The predicted molar refractivity (Wildman–Crippen MR) is 74.4 cm³/mol. The Morgan fingerprint density at radius 1 is 1.35 bits per heavy atom. The lowest BCUT2D eigenvalue weighted by atomic mass is 10.0. The van der Waals surface area contributed by atoms with Crippen molar-refractivity contribution in [1.82, 2.24) is 0 Å². The van der Waals surface area contributed by atoms with Gasteiger partial charge >= 0.3 is 0 Å². The summed E-state index contributed by atoms with van der Waals surface area (Å²) in [5.41, 5.74) is 8.86. The van der Waals surface area contributed by atoms with Crippen molar-refractivity contribution in [2.24, 2.45) is 0 Å². The Kier molecular flexibility index (Phi) is 3.27. The lowest BCUT2D eigenvalue weighted by Gasteiger charge is -2.37. The second-order valence-corrected chi connectivity index (χ2v) is 7.62. The molecule has 3 nitrogen and oxygen atoms in total. The molecule has 1 unspecified atom stereocenters. The number of nitrogen functional groups attached to an aromatic ring is 1. The molecule has 94 valence electrons. The molecule has 0 fully saturated rings. The Bertz CT molecular complexity index is 414. The van der Waals surface area contributed by atoms with Crippen molar-refractivity contribution in [2.45, 2.75) is 38.4 Å².